The second kappa shape index (κ2) is 5.86. The Labute approximate surface area is 122 Å². The minimum absolute atomic E-state index is 0.0915. The van der Waals surface area contributed by atoms with Gasteiger partial charge >= 0.3 is 0 Å². The third-order valence-corrected chi connectivity index (χ3v) is 7.58. The van der Waals surface area contributed by atoms with E-state index < -0.39 is 9.84 Å². The molecule has 1 N–H and O–H groups in total. The molecule has 3 unspecified atom stereocenters. The Kier molecular flexibility index (Phi) is 4.55. The molecule has 20 heavy (non-hydrogen) atoms. The predicted octanol–water partition coefficient (Wildman–Crippen LogP) is 2.72. The first-order valence-electron chi connectivity index (χ1n) is 7.37. The molecular weight excluding hydrogens is 270 g/mol. The van der Waals surface area contributed by atoms with Gasteiger partial charge in [-0.25, -0.2) is 8.42 Å². The van der Waals surface area contributed by atoms with E-state index in [9.17, 15) is 8.42 Å². The molecule has 0 saturated carbocycles. The number of benzene rings is 1. The van der Waals surface area contributed by atoms with Crippen molar-refractivity contribution in [2.75, 3.05) is 7.05 Å². The molecule has 1 aromatic rings. The van der Waals surface area contributed by atoms with Gasteiger partial charge in [0, 0.05) is 6.04 Å². The summed E-state index contributed by atoms with van der Waals surface area (Å²) in [5.41, 5.74) is 2.42. The van der Waals surface area contributed by atoms with Crippen molar-refractivity contribution >= 4 is 9.84 Å². The average molecular weight is 295 g/mol. The van der Waals surface area contributed by atoms with Crippen LogP contribution in [0.15, 0.2) is 24.3 Å². The molecule has 2 rings (SSSR count). The Bertz CT molecular complexity index is 566. The Hall–Kier alpha value is -0.870. The molecule has 112 valence electrons. The lowest BCUT2D eigenvalue weighted by molar-refractivity contribution is 0.460. The van der Waals surface area contributed by atoms with Gasteiger partial charge in [-0.1, -0.05) is 38.1 Å². The van der Waals surface area contributed by atoms with E-state index in [0.717, 1.165) is 12.0 Å². The highest BCUT2D eigenvalue weighted by molar-refractivity contribution is 7.92. The van der Waals surface area contributed by atoms with Crippen LogP contribution < -0.4 is 5.32 Å². The van der Waals surface area contributed by atoms with E-state index in [2.05, 4.69) is 17.4 Å². The third-order valence-electron chi connectivity index (χ3n) is 4.65. The van der Waals surface area contributed by atoms with Crippen molar-refractivity contribution in [2.24, 2.45) is 5.92 Å². The molecule has 0 saturated heterocycles. The fourth-order valence-corrected chi connectivity index (χ4v) is 5.50. The maximum Gasteiger partial charge on any atom is 0.157 e. The maximum atomic E-state index is 12.9. The molecule has 0 heterocycles. The summed E-state index contributed by atoms with van der Waals surface area (Å²) in [6.45, 7) is 5.80. The topological polar surface area (TPSA) is 46.2 Å². The Balaban J connectivity index is 2.40. The van der Waals surface area contributed by atoms with Crippen LogP contribution in [0, 0.1) is 5.92 Å². The highest BCUT2D eigenvalue weighted by Crippen LogP contribution is 2.36. The van der Waals surface area contributed by atoms with Crippen molar-refractivity contribution < 1.29 is 8.42 Å². The van der Waals surface area contributed by atoms with Crippen LogP contribution >= 0.6 is 0 Å². The van der Waals surface area contributed by atoms with Crippen LogP contribution in [0.3, 0.4) is 0 Å². The molecule has 3 atom stereocenters. The largest absolute Gasteiger partial charge is 0.312 e. The Morgan fingerprint density at radius 2 is 1.85 bits per heavy atom. The smallest absolute Gasteiger partial charge is 0.157 e. The number of sulfone groups is 1. The zero-order valence-corrected chi connectivity index (χ0v) is 13.6. The SMILES string of the molecule is CNC1c2ccccc2CCC1S(=O)(=O)C(C)C(C)C. The second-order valence-corrected chi connectivity index (χ2v) is 8.61. The lowest BCUT2D eigenvalue weighted by Crippen LogP contribution is -2.44. The minimum atomic E-state index is -3.13. The first-order chi connectivity index (χ1) is 9.39. The molecular formula is C16H25NO2S. The standard InChI is InChI=1S/C16H25NO2S/c1-11(2)12(3)20(18,19)15-10-9-13-7-5-6-8-14(13)16(15)17-4/h5-8,11-12,15-17H,9-10H2,1-4H3. The molecule has 0 radical (unpaired) electrons. The normalized spacial score (nSPS) is 24.4. The van der Waals surface area contributed by atoms with E-state index in [4.69, 9.17) is 0 Å². The lowest BCUT2D eigenvalue weighted by atomic mass is 9.87. The van der Waals surface area contributed by atoms with Crippen molar-refractivity contribution in [1.82, 2.24) is 5.32 Å². The van der Waals surface area contributed by atoms with E-state index in [-0.39, 0.29) is 22.5 Å². The summed E-state index contributed by atoms with van der Waals surface area (Å²) in [6.07, 6.45) is 1.56. The second-order valence-electron chi connectivity index (χ2n) is 6.08. The first-order valence-corrected chi connectivity index (χ1v) is 8.98. The number of aryl methyl sites for hydroxylation is 1. The van der Waals surface area contributed by atoms with Crippen LogP contribution in [0.25, 0.3) is 0 Å². The van der Waals surface area contributed by atoms with E-state index in [1.807, 2.05) is 40.0 Å². The predicted molar refractivity (Wildman–Crippen MR) is 83.6 cm³/mol. The fraction of sp³-hybridized carbons (Fsp3) is 0.625. The summed E-state index contributed by atoms with van der Waals surface area (Å²) in [6, 6.07) is 8.08. The molecule has 4 heteroatoms. The number of hydrogen-bond acceptors (Lipinski definition) is 3. The molecule has 0 aromatic heterocycles. The molecule has 1 aliphatic carbocycles. The van der Waals surface area contributed by atoms with Crippen molar-refractivity contribution in [1.29, 1.82) is 0 Å². The van der Waals surface area contributed by atoms with E-state index in [1.54, 1.807) is 0 Å². The van der Waals surface area contributed by atoms with Crippen LogP contribution in [0.2, 0.25) is 0 Å². The lowest BCUT2D eigenvalue weighted by Gasteiger charge is -2.35. The summed E-state index contributed by atoms with van der Waals surface area (Å²) in [4.78, 5) is 0. The molecule has 1 aliphatic rings. The molecule has 0 bridgehead atoms. The first kappa shape index (κ1) is 15.5. The summed E-state index contributed by atoms with van der Waals surface area (Å²) in [5, 5.41) is 2.61. The van der Waals surface area contributed by atoms with Crippen LogP contribution in [0.1, 0.15) is 44.4 Å². The van der Waals surface area contributed by atoms with Gasteiger partial charge in [0.1, 0.15) is 0 Å². The molecule has 3 nitrogen and oxygen atoms in total. The zero-order chi connectivity index (χ0) is 14.9. The number of fused-ring (bicyclic) bond motifs is 1. The van der Waals surface area contributed by atoms with Crippen molar-refractivity contribution in [3.8, 4) is 0 Å². The van der Waals surface area contributed by atoms with Gasteiger partial charge in [0.05, 0.1) is 10.5 Å². The number of hydrogen-bond donors (Lipinski definition) is 1. The Morgan fingerprint density at radius 3 is 2.45 bits per heavy atom. The summed E-state index contributed by atoms with van der Waals surface area (Å²) in [5.74, 6) is 0.148. The third kappa shape index (κ3) is 2.63. The van der Waals surface area contributed by atoms with Gasteiger partial charge in [0.25, 0.3) is 0 Å². The van der Waals surface area contributed by atoms with Gasteiger partial charge in [-0.05, 0) is 43.9 Å². The van der Waals surface area contributed by atoms with Gasteiger partial charge in [-0.2, -0.15) is 0 Å². The van der Waals surface area contributed by atoms with Crippen molar-refractivity contribution in [2.45, 2.75) is 50.2 Å². The van der Waals surface area contributed by atoms with Gasteiger partial charge in [0.15, 0.2) is 9.84 Å². The van der Waals surface area contributed by atoms with Crippen LogP contribution in [0.4, 0.5) is 0 Å². The Morgan fingerprint density at radius 1 is 1.20 bits per heavy atom. The number of rotatable bonds is 4. The van der Waals surface area contributed by atoms with Crippen LogP contribution in [0.5, 0.6) is 0 Å². The number of nitrogens with one attached hydrogen (secondary N) is 1. The van der Waals surface area contributed by atoms with Gasteiger partial charge < -0.3 is 5.32 Å². The highest BCUT2D eigenvalue weighted by Gasteiger charge is 2.40. The molecule has 0 aliphatic heterocycles. The van der Waals surface area contributed by atoms with Gasteiger partial charge in [0.2, 0.25) is 0 Å². The van der Waals surface area contributed by atoms with Gasteiger partial charge in [-0.3, -0.25) is 0 Å². The highest BCUT2D eigenvalue weighted by atomic mass is 32.2. The van der Waals surface area contributed by atoms with Crippen molar-refractivity contribution in [3.63, 3.8) is 0 Å². The van der Waals surface area contributed by atoms with Crippen LogP contribution in [-0.2, 0) is 16.3 Å². The molecule has 0 spiro atoms. The monoisotopic (exact) mass is 295 g/mol. The average Bonchev–Trinajstić information content (AvgIpc) is 2.44. The fourth-order valence-electron chi connectivity index (χ4n) is 3.08. The van der Waals surface area contributed by atoms with Crippen LogP contribution in [-0.4, -0.2) is 26.0 Å². The van der Waals surface area contributed by atoms with Crippen molar-refractivity contribution in [3.05, 3.63) is 35.4 Å². The van der Waals surface area contributed by atoms with E-state index in [0.29, 0.717) is 6.42 Å². The summed E-state index contributed by atoms with van der Waals surface area (Å²) in [7, 11) is -1.27. The summed E-state index contributed by atoms with van der Waals surface area (Å²) >= 11 is 0. The van der Waals surface area contributed by atoms with E-state index >= 15 is 0 Å². The van der Waals surface area contributed by atoms with Gasteiger partial charge in [-0.15, -0.1) is 0 Å². The minimum Gasteiger partial charge on any atom is -0.312 e. The zero-order valence-electron chi connectivity index (χ0n) is 12.8. The summed E-state index contributed by atoms with van der Waals surface area (Å²) < 4.78 is 25.7. The quantitative estimate of drug-likeness (QED) is 0.929. The molecule has 0 amide bonds. The maximum absolute atomic E-state index is 12.9. The van der Waals surface area contributed by atoms with E-state index in [1.165, 1.54) is 5.56 Å². The molecule has 0 fully saturated rings. The molecule has 1 aromatic carbocycles.